The Morgan fingerprint density at radius 3 is 2.71 bits per heavy atom. The second-order valence-corrected chi connectivity index (χ2v) is 7.71. The number of benzene rings is 2. The summed E-state index contributed by atoms with van der Waals surface area (Å²) in [7, 11) is 3.53. The van der Waals surface area contributed by atoms with Crippen LogP contribution in [0.1, 0.15) is 23.9 Å². The number of para-hydroxylation sites is 1. The van der Waals surface area contributed by atoms with E-state index in [1.54, 1.807) is 25.1 Å². The van der Waals surface area contributed by atoms with Crippen LogP contribution < -0.4 is 10.1 Å². The molecule has 7 heteroatoms. The summed E-state index contributed by atoms with van der Waals surface area (Å²) in [5.41, 5.74) is 0.867. The van der Waals surface area contributed by atoms with E-state index in [0.717, 1.165) is 16.3 Å². The lowest BCUT2D eigenvalue weighted by Gasteiger charge is -2.21. The van der Waals surface area contributed by atoms with E-state index in [0.29, 0.717) is 22.9 Å². The molecule has 1 N–H and O–H groups in total. The van der Waals surface area contributed by atoms with Gasteiger partial charge in [-0.1, -0.05) is 41.9 Å². The van der Waals surface area contributed by atoms with Crippen LogP contribution >= 0.6 is 23.4 Å². The highest BCUT2D eigenvalue weighted by molar-refractivity contribution is 7.99. The summed E-state index contributed by atoms with van der Waals surface area (Å²) in [4.78, 5) is 18.1. The maximum Gasteiger partial charge on any atom is 0.221 e. The van der Waals surface area contributed by atoms with E-state index in [1.807, 2.05) is 66.3 Å². The zero-order valence-electron chi connectivity index (χ0n) is 15.8. The third-order valence-corrected chi connectivity index (χ3v) is 5.81. The first-order chi connectivity index (χ1) is 13.6. The minimum atomic E-state index is -0.394. The van der Waals surface area contributed by atoms with Crippen molar-refractivity contribution in [1.82, 2.24) is 14.9 Å². The first-order valence-corrected chi connectivity index (χ1v) is 10.2. The largest absolute Gasteiger partial charge is 0.496 e. The lowest BCUT2D eigenvalue weighted by molar-refractivity contribution is -0.121. The van der Waals surface area contributed by atoms with Crippen molar-refractivity contribution in [3.05, 3.63) is 77.3 Å². The second-order valence-electron chi connectivity index (χ2n) is 6.17. The van der Waals surface area contributed by atoms with E-state index in [4.69, 9.17) is 16.3 Å². The molecule has 1 amide bonds. The molecular formula is C21H22ClN3O2S. The van der Waals surface area contributed by atoms with Gasteiger partial charge in [-0.2, -0.15) is 0 Å². The fourth-order valence-electron chi connectivity index (χ4n) is 2.89. The summed E-state index contributed by atoms with van der Waals surface area (Å²) in [6, 6.07) is 14.9. The molecule has 0 saturated heterocycles. The van der Waals surface area contributed by atoms with E-state index in [1.165, 1.54) is 0 Å². The molecule has 1 unspecified atom stereocenters. The number of aromatic nitrogens is 2. The van der Waals surface area contributed by atoms with Crippen molar-refractivity contribution in [3.8, 4) is 5.75 Å². The molecule has 5 nitrogen and oxygen atoms in total. The molecular weight excluding hydrogens is 394 g/mol. The third kappa shape index (κ3) is 4.88. The van der Waals surface area contributed by atoms with Crippen molar-refractivity contribution in [2.45, 2.75) is 17.4 Å². The van der Waals surface area contributed by atoms with Gasteiger partial charge in [0.15, 0.2) is 0 Å². The Labute approximate surface area is 174 Å². The van der Waals surface area contributed by atoms with Gasteiger partial charge in [-0.15, -0.1) is 11.8 Å². The molecule has 146 valence electrons. The Bertz CT molecular complexity index is 945. The molecule has 0 aliphatic rings. The highest BCUT2D eigenvalue weighted by atomic mass is 35.5. The number of methoxy groups -OCH3 is 1. The summed E-state index contributed by atoms with van der Waals surface area (Å²) in [6.45, 7) is 0. The third-order valence-electron chi connectivity index (χ3n) is 4.30. The van der Waals surface area contributed by atoms with E-state index in [-0.39, 0.29) is 5.91 Å². The number of carbonyl (C=O) groups is 1. The average molecular weight is 416 g/mol. The SMILES string of the molecule is COc1ccccc1C(NC(=O)CCSc1ccccc1Cl)c1nccn1C. The van der Waals surface area contributed by atoms with E-state index >= 15 is 0 Å². The zero-order chi connectivity index (χ0) is 19.9. The molecule has 1 aromatic heterocycles. The van der Waals surface area contributed by atoms with Gasteiger partial charge in [0.1, 0.15) is 17.6 Å². The number of rotatable bonds is 8. The number of hydrogen-bond acceptors (Lipinski definition) is 4. The summed E-state index contributed by atoms with van der Waals surface area (Å²) >= 11 is 7.74. The first-order valence-electron chi connectivity index (χ1n) is 8.87. The summed E-state index contributed by atoms with van der Waals surface area (Å²) < 4.78 is 7.39. The number of ether oxygens (including phenoxy) is 1. The van der Waals surface area contributed by atoms with Crippen molar-refractivity contribution < 1.29 is 9.53 Å². The highest BCUT2D eigenvalue weighted by Gasteiger charge is 2.23. The number of hydrogen-bond donors (Lipinski definition) is 1. The van der Waals surface area contributed by atoms with E-state index < -0.39 is 6.04 Å². The highest BCUT2D eigenvalue weighted by Crippen LogP contribution is 2.30. The smallest absolute Gasteiger partial charge is 0.221 e. The Kier molecular flexibility index (Phi) is 7.01. The van der Waals surface area contributed by atoms with Gasteiger partial charge in [0.05, 0.1) is 12.1 Å². The normalized spacial score (nSPS) is 11.8. The Morgan fingerprint density at radius 2 is 2.00 bits per heavy atom. The number of carbonyl (C=O) groups excluding carboxylic acids is 1. The number of aryl methyl sites for hydroxylation is 1. The molecule has 1 atom stereocenters. The fourth-order valence-corrected chi connectivity index (χ4v) is 4.08. The van der Waals surface area contributed by atoms with Crippen LogP contribution in [-0.2, 0) is 11.8 Å². The van der Waals surface area contributed by atoms with Gasteiger partial charge in [-0.05, 0) is 18.2 Å². The van der Waals surface area contributed by atoms with Crippen LogP contribution in [0.15, 0.2) is 65.8 Å². The van der Waals surface area contributed by atoms with Gasteiger partial charge in [-0.25, -0.2) is 4.98 Å². The monoisotopic (exact) mass is 415 g/mol. The van der Waals surface area contributed by atoms with Gasteiger partial charge < -0.3 is 14.6 Å². The topological polar surface area (TPSA) is 56.1 Å². The van der Waals surface area contributed by atoms with Crippen molar-refractivity contribution in [2.24, 2.45) is 7.05 Å². The Morgan fingerprint density at radius 1 is 1.25 bits per heavy atom. The molecule has 0 aliphatic heterocycles. The maximum absolute atomic E-state index is 12.7. The lowest BCUT2D eigenvalue weighted by Crippen LogP contribution is -2.31. The number of nitrogens with zero attached hydrogens (tertiary/aromatic N) is 2. The maximum atomic E-state index is 12.7. The Balaban J connectivity index is 1.72. The molecule has 0 saturated carbocycles. The molecule has 0 radical (unpaired) electrons. The van der Waals surface area contributed by atoms with Crippen LogP contribution in [0.5, 0.6) is 5.75 Å². The van der Waals surface area contributed by atoms with Crippen LogP contribution in [0.3, 0.4) is 0 Å². The molecule has 3 aromatic rings. The van der Waals surface area contributed by atoms with Crippen LogP contribution in [0, 0.1) is 0 Å². The molecule has 0 bridgehead atoms. The van der Waals surface area contributed by atoms with Crippen LogP contribution in [0.2, 0.25) is 5.02 Å². The van der Waals surface area contributed by atoms with E-state index in [2.05, 4.69) is 10.3 Å². The molecule has 0 spiro atoms. The van der Waals surface area contributed by atoms with Gasteiger partial charge in [0, 0.05) is 42.1 Å². The fraction of sp³-hybridized carbons (Fsp3) is 0.238. The molecule has 0 fully saturated rings. The standard InChI is InChI=1S/C21H22ClN3O2S/c1-25-13-12-23-21(25)20(15-7-3-5-9-17(15)27-2)24-19(26)11-14-28-18-10-6-4-8-16(18)22/h3-10,12-13,20H,11,14H2,1-2H3,(H,24,26). The van der Waals surface area contributed by atoms with Gasteiger partial charge >= 0.3 is 0 Å². The van der Waals surface area contributed by atoms with Gasteiger partial charge in [0.2, 0.25) is 5.91 Å². The number of nitrogens with one attached hydrogen (secondary N) is 1. The molecule has 1 heterocycles. The second kappa shape index (κ2) is 9.66. The number of thioether (sulfide) groups is 1. The minimum Gasteiger partial charge on any atom is -0.496 e. The van der Waals surface area contributed by atoms with Gasteiger partial charge in [-0.3, -0.25) is 4.79 Å². The van der Waals surface area contributed by atoms with Crippen LogP contribution in [-0.4, -0.2) is 28.3 Å². The van der Waals surface area contributed by atoms with E-state index in [9.17, 15) is 4.79 Å². The minimum absolute atomic E-state index is 0.0570. The number of imidazole rings is 1. The predicted octanol–water partition coefficient (Wildman–Crippen LogP) is 4.47. The number of amides is 1. The van der Waals surface area contributed by atoms with Crippen LogP contribution in [0.4, 0.5) is 0 Å². The molecule has 2 aromatic carbocycles. The Hall–Kier alpha value is -2.44. The molecule has 3 rings (SSSR count). The van der Waals surface area contributed by atoms with Crippen molar-refractivity contribution >= 4 is 29.3 Å². The summed E-state index contributed by atoms with van der Waals surface area (Å²) in [5, 5.41) is 3.81. The van der Waals surface area contributed by atoms with Crippen molar-refractivity contribution in [3.63, 3.8) is 0 Å². The first kappa shape index (κ1) is 20.3. The zero-order valence-corrected chi connectivity index (χ0v) is 17.3. The quantitative estimate of drug-likeness (QED) is 0.551. The van der Waals surface area contributed by atoms with Gasteiger partial charge in [0.25, 0.3) is 0 Å². The number of halogens is 1. The average Bonchev–Trinajstić information content (AvgIpc) is 3.13. The summed E-state index contributed by atoms with van der Waals surface area (Å²) in [6.07, 6.45) is 3.94. The lowest BCUT2D eigenvalue weighted by atomic mass is 10.0. The summed E-state index contributed by atoms with van der Waals surface area (Å²) in [5.74, 6) is 2.03. The van der Waals surface area contributed by atoms with Crippen LogP contribution in [0.25, 0.3) is 0 Å². The molecule has 0 aliphatic carbocycles. The molecule has 28 heavy (non-hydrogen) atoms. The van der Waals surface area contributed by atoms with Crippen molar-refractivity contribution in [1.29, 1.82) is 0 Å². The van der Waals surface area contributed by atoms with Crippen molar-refractivity contribution in [2.75, 3.05) is 12.9 Å². The predicted molar refractivity (Wildman–Crippen MR) is 113 cm³/mol.